The average molecular weight is 454 g/mol. The predicted octanol–water partition coefficient (Wildman–Crippen LogP) is 4.60. The molecule has 0 saturated heterocycles. The second kappa shape index (κ2) is 8.82. The molecule has 8 nitrogen and oxygen atoms in total. The highest BCUT2D eigenvalue weighted by atomic mass is 16.4. The molecule has 0 aliphatic heterocycles. The molecule has 3 N–H and O–H groups in total. The summed E-state index contributed by atoms with van der Waals surface area (Å²) in [5.41, 5.74) is 5.00. The standard InChI is InChI=1S/C26H22N4O4/c31-24(32)11-9-16-15-30(22-8-4-2-5-17(16)22)23-14-27-13-21(28-23)26-19(10-12-25(33)34)18-6-1-3-7-20(18)29-26/h1-8,13-15,29H,9-12H2,(H,31,32)(H,33,34). The van der Waals surface area contributed by atoms with E-state index in [0.717, 1.165) is 38.6 Å². The van der Waals surface area contributed by atoms with E-state index in [1.807, 2.05) is 59.3 Å². The molecule has 3 heterocycles. The number of rotatable bonds is 8. The predicted molar refractivity (Wildman–Crippen MR) is 128 cm³/mol. The van der Waals surface area contributed by atoms with E-state index in [1.54, 1.807) is 12.4 Å². The van der Waals surface area contributed by atoms with E-state index in [0.29, 0.717) is 24.4 Å². The summed E-state index contributed by atoms with van der Waals surface area (Å²) >= 11 is 0. The molecule has 0 unspecified atom stereocenters. The Balaban J connectivity index is 1.61. The topological polar surface area (TPSA) is 121 Å². The molecule has 170 valence electrons. The SMILES string of the molecule is O=C(O)CCc1c(-c2cncc(-n3cc(CCC(=O)O)c4ccccc43)n2)[nH]c2ccccc12. The number of aromatic nitrogens is 4. The number of aromatic amines is 1. The van der Waals surface area contributed by atoms with Crippen LogP contribution in [0.15, 0.2) is 67.1 Å². The first-order valence-corrected chi connectivity index (χ1v) is 11.0. The van der Waals surface area contributed by atoms with Crippen LogP contribution in [0.25, 0.3) is 39.0 Å². The summed E-state index contributed by atoms with van der Waals surface area (Å²) in [7, 11) is 0. The first kappa shape index (κ1) is 21.4. The number of hydrogen-bond donors (Lipinski definition) is 3. The van der Waals surface area contributed by atoms with Crippen LogP contribution in [0.3, 0.4) is 0 Å². The number of benzene rings is 2. The summed E-state index contributed by atoms with van der Waals surface area (Å²) in [5.74, 6) is -1.10. The van der Waals surface area contributed by atoms with E-state index in [9.17, 15) is 14.7 Å². The van der Waals surface area contributed by atoms with Gasteiger partial charge in [0.1, 0.15) is 5.69 Å². The lowest BCUT2D eigenvalue weighted by Gasteiger charge is -2.08. The van der Waals surface area contributed by atoms with Crippen molar-refractivity contribution in [3.05, 3.63) is 78.2 Å². The van der Waals surface area contributed by atoms with Crippen molar-refractivity contribution in [2.24, 2.45) is 0 Å². The molecule has 8 heteroatoms. The van der Waals surface area contributed by atoms with Crippen molar-refractivity contribution in [3.8, 4) is 17.2 Å². The number of para-hydroxylation sites is 2. The van der Waals surface area contributed by atoms with Gasteiger partial charge in [-0.25, -0.2) is 4.98 Å². The molecule has 0 fully saturated rings. The van der Waals surface area contributed by atoms with Gasteiger partial charge in [0.05, 0.1) is 23.6 Å². The Hall–Kier alpha value is -4.46. The third-order valence-electron chi connectivity index (χ3n) is 5.93. The van der Waals surface area contributed by atoms with E-state index in [4.69, 9.17) is 10.1 Å². The lowest BCUT2D eigenvalue weighted by Crippen LogP contribution is -2.01. The molecule has 0 radical (unpaired) electrons. The molecule has 0 aliphatic carbocycles. The average Bonchev–Trinajstić information content (AvgIpc) is 3.40. The van der Waals surface area contributed by atoms with Crippen molar-refractivity contribution in [2.75, 3.05) is 0 Å². The van der Waals surface area contributed by atoms with Crippen LogP contribution in [-0.2, 0) is 22.4 Å². The summed E-state index contributed by atoms with van der Waals surface area (Å²) in [6.45, 7) is 0. The van der Waals surface area contributed by atoms with Gasteiger partial charge in [0.15, 0.2) is 5.82 Å². The summed E-state index contributed by atoms with van der Waals surface area (Å²) in [4.78, 5) is 35.0. The van der Waals surface area contributed by atoms with Crippen LogP contribution in [0.1, 0.15) is 24.0 Å². The molecule has 0 amide bonds. The molecular weight excluding hydrogens is 432 g/mol. The lowest BCUT2D eigenvalue weighted by atomic mass is 10.0. The van der Waals surface area contributed by atoms with Gasteiger partial charge < -0.3 is 15.2 Å². The second-order valence-corrected chi connectivity index (χ2v) is 8.12. The summed E-state index contributed by atoms with van der Waals surface area (Å²) in [5, 5.41) is 20.3. The van der Waals surface area contributed by atoms with E-state index < -0.39 is 11.9 Å². The maximum Gasteiger partial charge on any atom is 0.303 e. The minimum absolute atomic E-state index is 0.0111. The van der Waals surface area contributed by atoms with Gasteiger partial charge in [-0.2, -0.15) is 0 Å². The number of aliphatic carboxylic acids is 2. The van der Waals surface area contributed by atoms with Crippen LogP contribution in [0, 0.1) is 0 Å². The smallest absolute Gasteiger partial charge is 0.303 e. The molecule has 34 heavy (non-hydrogen) atoms. The Morgan fingerprint density at radius 3 is 2.38 bits per heavy atom. The van der Waals surface area contributed by atoms with Crippen molar-refractivity contribution in [1.29, 1.82) is 0 Å². The fraction of sp³-hybridized carbons (Fsp3) is 0.154. The van der Waals surface area contributed by atoms with Gasteiger partial charge >= 0.3 is 11.9 Å². The fourth-order valence-electron chi connectivity index (χ4n) is 4.38. The van der Waals surface area contributed by atoms with Crippen molar-refractivity contribution in [2.45, 2.75) is 25.7 Å². The first-order valence-electron chi connectivity index (χ1n) is 11.0. The zero-order valence-corrected chi connectivity index (χ0v) is 18.2. The van der Waals surface area contributed by atoms with E-state index >= 15 is 0 Å². The molecule has 2 aromatic carbocycles. The molecule has 3 aromatic heterocycles. The van der Waals surface area contributed by atoms with Crippen LogP contribution in [-0.4, -0.2) is 41.7 Å². The zero-order chi connectivity index (χ0) is 23.7. The van der Waals surface area contributed by atoms with Gasteiger partial charge in [-0.1, -0.05) is 36.4 Å². The number of nitrogens with one attached hydrogen (secondary N) is 1. The van der Waals surface area contributed by atoms with Crippen molar-refractivity contribution in [1.82, 2.24) is 19.5 Å². The van der Waals surface area contributed by atoms with E-state index in [1.165, 1.54) is 0 Å². The van der Waals surface area contributed by atoms with Crippen molar-refractivity contribution in [3.63, 3.8) is 0 Å². The van der Waals surface area contributed by atoms with Crippen LogP contribution in [0.2, 0.25) is 0 Å². The minimum atomic E-state index is -0.858. The molecule has 0 aliphatic rings. The second-order valence-electron chi connectivity index (χ2n) is 8.12. The molecule has 0 atom stereocenters. The number of H-pyrrole nitrogens is 1. The Bertz CT molecular complexity index is 1530. The Labute approximate surface area is 194 Å². The normalized spacial score (nSPS) is 11.3. The first-order chi connectivity index (χ1) is 16.5. The molecule has 0 bridgehead atoms. The monoisotopic (exact) mass is 454 g/mol. The highest BCUT2D eigenvalue weighted by molar-refractivity contribution is 5.91. The zero-order valence-electron chi connectivity index (χ0n) is 18.2. The van der Waals surface area contributed by atoms with Crippen LogP contribution < -0.4 is 0 Å². The Morgan fingerprint density at radius 1 is 0.882 bits per heavy atom. The number of aryl methyl sites for hydroxylation is 2. The number of fused-ring (bicyclic) bond motifs is 2. The highest BCUT2D eigenvalue weighted by Crippen LogP contribution is 2.31. The van der Waals surface area contributed by atoms with Gasteiger partial charge in [0.2, 0.25) is 0 Å². The van der Waals surface area contributed by atoms with Crippen molar-refractivity contribution >= 4 is 33.7 Å². The number of carboxylic acid groups (broad SMARTS) is 2. The lowest BCUT2D eigenvalue weighted by molar-refractivity contribution is -0.138. The van der Waals surface area contributed by atoms with Crippen LogP contribution >= 0.6 is 0 Å². The summed E-state index contributed by atoms with van der Waals surface area (Å²) in [6.07, 6.45) is 6.08. The molecular formula is C26H22N4O4. The maximum absolute atomic E-state index is 11.3. The third kappa shape index (κ3) is 4.01. The van der Waals surface area contributed by atoms with E-state index in [-0.39, 0.29) is 12.8 Å². The highest BCUT2D eigenvalue weighted by Gasteiger charge is 2.17. The summed E-state index contributed by atoms with van der Waals surface area (Å²) in [6, 6.07) is 15.6. The third-order valence-corrected chi connectivity index (χ3v) is 5.93. The molecule has 5 rings (SSSR count). The Morgan fingerprint density at radius 2 is 1.59 bits per heavy atom. The minimum Gasteiger partial charge on any atom is -0.481 e. The van der Waals surface area contributed by atoms with Crippen molar-refractivity contribution < 1.29 is 19.8 Å². The Kier molecular flexibility index (Phi) is 5.55. The molecule has 0 saturated carbocycles. The van der Waals surface area contributed by atoms with Crippen LogP contribution in [0.5, 0.6) is 0 Å². The van der Waals surface area contributed by atoms with Crippen LogP contribution in [0.4, 0.5) is 0 Å². The van der Waals surface area contributed by atoms with Gasteiger partial charge in [0, 0.05) is 35.3 Å². The van der Waals surface area contributed by atoms with Gasteiger partial charge in [-0.05, 0) is 36.1 Å². The largest absolute Gasteiger partial charge is 0.481 e. The van der Waals surface area contributed by atoms with Gasteiger partial charge in [0.25, 0.3) is 0 Å². The number of carboxylic acids is 2. The molecule has 0 spiro atoms. The van der Waals surface area contributed by atoms with Gasteiger partial charge in [-0.15, -0.1) is 0 Å². The molecule has 5 aromatic rings. The number of nitrogens with zero attached hydrogens (tertiary/aromatic N) is 3. The van der Waals surface area contributed by atoms with Gasteiger partial charge in [-0.3, -0.25) is 19.1 Å². The number of carbonyl (C=O) groups is 2. The summed E-state index contributed by atoms with van der Waals surface area (Å²) < 4.78 is 1.92. The fourth-order valence-corrected chi connectivity index (χ4v) is 4.38. The van der Waals surface area contributed by atoms with E-state index in [2.05, 4.69) is 9.97 Å². The quantitative estimate of drug-likeness (QED) is 0.315. The number of hydrogen-bond acceptors (Lipinski definition) is 4. The maximum atomic E-state index is 11.3.